The Morgan fingerprint density at radius 1 is 1.21 bits per heavy atom. The molecule has 1 amide bonds. The van der Waals surface area contributed by atoms with Gasteiger partial charge in [-0.05, 0) is 24.5 Å². The van der Waals surface area contributed by atoms with E-state index in [1.165, 1.54) is 7.05 Å². The highest BCUT2D eigenvalue weighted by Crippen LogP contribution is 2.09. The molecule has 2 heterocycles. The predicted molar refractivity (Wildman–Crippen MR) is 100 cm³/mol. The Morgan fingerprint density at radius 2 is 1.93 bits per heavy atom. The molecule has 3 aromatic rings. The van der Waals surface area contributed by atoms with Gasteiger partial charge in [-0.3, -0.25) is 14.2 Å². The summed E-state index contributed by atoms with van der Waals surface area (Å²) in [5.41, 5.74) is -1.03. The second-order valence-corrected chi connectivity index (χ2v) is 6.60. The molecule has 10 nitrogen and oxygen atoms in total. The molecule has 0 saturated heterocycles. The largest absolute Gasteiger partial charge is 0.351 e. The molecule has 0 aliphatic carbocycles. The average Bonchev–Trinajstić information content (AvgIpc) is 3.17. The van der Waals surface area contributed by atoms with Crippen LogP contribution in [0.5, 0.6) is 0 Å². The van der Waals surface area contributed by atoms with Crippen molar-refractivity contribution in [2.75, 3.05) is 6.54 Å². The van der Waals surface area contributed by atoms with Gasteiger partial charge in [0.05, 0.1) is 5.69 Å². The molecule has 1 N–H and O–H groups in total. The molecule has 3 rings (SSSR count). The van der Waals surface area contributed by atoms with Crippen LogP contribution in [-0.4, -0.2) is 36.9 Å². The number of aromatic nitrogens is 5. The van der Waals surface area contributed by atoms with Crippen molar-refractivity contribution in [3.63, 3.8) is 0 Å². The van der Waals surface area contributed by atoms with Crippen molar-refractivity contribution in [2.24, 2.45) is 13.0 Å². The molecule has 0 spiro atoms. The quantitative estimate of drug-likeness (QED) is 0.665. The molecule has 0 aliphatic heterocycles. The van der Waals surface area contributed by atoms with E-state index in [0.29, 0.717) is 18.2 Å². The molecular formula is C18H20N6O4. The molecule has 146 valence electrons. The summed E-state index contributed by atoms with van der Waals surface area (Å²) >= 11 is 0. The van der Waals surface area contributed by atoms with Crippen LogP contribution in [0, 0.1) is 5.92 Å². The SMILES string of the molecule is CC(C)CCNC(=O)c1nc(-c2nn(-c3ccccc3)c(=O)n(C)c2=O)no1. The van der Waals surface area contributed by atoms with Crippen LogP contribution in [0.4, 0.5) is 0 Å². The van der Waals surface area contributed by atoms with Crippen molar-refractivity contribution in [1.82, 2.24) is 29.8 Å². The molecule has 0 saturated carbocycles. The first-order chi connectivity index (χ1) is 13.4. The Labute approximate surface area is 159 Å². The maximum absolute atomic E-state index is 12.5. The van der Waals surface area contributed by atoms with Crippen LogP contribution in [0.15, 0.2) is 44.4 Å². The highest BCUT2D eigenvalue weighted by molar-refractivity contribution is 5.89. The van der Waals surface area contributed by atoms with Gasteiger partial charge in [-0.15, -0.1) is 0 Å². The van der Waals surface area contributed by atoms with Crippen LogP contribution in [0.2, 0.25) is 0 Å². The number of rotatable bonds is 6. The number of amides is 1. The van der Waals surface area contributed by atoms with Gasteiger partial charge in [0.15, 0.2) is 5.69 Å². The highest BCUT2D eigenvalue weighted by Gasteiger charge is 2.21. The normalized spacial score (nSPS) is 11.0. The van der Waals surface area contributed by atoms with Gasteiger partial charge in [0, 0.05) is 13.6 Å². The number of hydrogen-bond donors (Lipinski definition) is 1. The first kappa shape index (κ1) is 19.2. The van der Waals surface area contributed by atoms with E-state index in [1.807, 2.05) is 13.8 Å². The third-order valence-corrected chi connectivity index (χ3v) is 4.02. The number of benzene rings is 1. The maximum atomic E-state index is 12.5. The van der Waals surface area contributed by atoms with E-state index < -0.39 is 17.2 Å². The fraction of sp³-hybridized carbons (Fsp3) is 0.333. The molecule has 28 heavy (non-hydrogen) atoms. The van der Waals surface area contributed by atoms with Crippen molar-refractivity contribution in [3.8, 4) is 17.2 Å². The number of carbonyl (C=O) groups excluding carboxylic acids is 1. The van der Waals surface area contributed by atoms with Crippen LogP contribution in [-0.2, 0) is 7.05 Å². The van der Waals surface area contributed by atoms with Gasteiger partial charge in [-0.2, -0.15) is 14.8 Å². The van der Waals surface area contributed by atoms with Gasteiger partial charge < -0.3 is 9.84 Å². The summed E-state index contributed by atoms with van der Waals surface area (Å²) in [5.74, 6) is -0.545. The smallest absolute Gasteiger partial charge is 0.348 e. The fourth-order valence-electron chi connectivity index (χ4n) is 2.41. The summed E-state index contributed by atoms with van der Waals surface area (Å²) < 4.78 is 6.92. The molecule has 0 bridgehead atoms. The molecule has 10 heteroatoms. The monoisotopic (exact) mass is 384 g/mol. The van der Waals surface area contributed by atoms with Crippen molar-refractivity contribution >= 4 is 5.91 Å². The summed E-state index contributed by atoms with van der Waals surface area (Å²) in [5, 5.41) is 10.4. The van der Waals surface area contributed by atoms with Crippen molar-refractivity contribution in [1.29, 1.82) is 0 Å². The van der Waals surface area contributed by atoms with Crippen LogP contribution in [0.25, 0.3) is 17.2 Å². The zero-order valence-corrected chi connectivity index (χ0v) is 15.7. The average molecular weight is 384 g/mol. The topological polar surface area (TPSA) is 125 Å². The summed E-state index contributed by atoms with van der Waals surface area (Å²) in [6.45, 7) is 4.55. The van der Waals surface area contributed by atoms with Crippen molar-refractivity contribution in [2.45, 2.75) is 20.3 Å². The number of hydrogen-bond acceptors (Lipinski definition) is 7. The van der Waals surface area contributed by atoms with Crippen LogP contribution in [0.1, 0.15) is 31.0 Å². The summed E-state index contributed by atoms with van der Waals surface area (Å²) in [6, 6.07) is 8.62. The fourth-order valence-corrected chi connectivity index (χ4v) is 2.41. The summed E-state index contributed by atoms with van der Waals surface area (Å²) in [4.78, 5) is 40.9. The summed E-state index contributed by atoms with van der Waals surface area (Å²) in [6.07, 6.45) is 0.802. The Hall–Kier alpha value is -3.56. The lowest BCUT2D eigenvalue weighted by atomic mass is 10.1. The molecule has 2 aromatic heterocycles. The zero-order valence-electron chi connectivity index (χ0n) is 15.7. The van der Waals surface area contributed by atoms with Crippen LogP contribution < -0.4 is 16.6 Å². The van der Waals surface area contributed by atoms with Gasteiger partial charge >= 0.3 is 17.5 Å². The number of carbonyl (C=O) groups is 1. The standard InChI is InChI=1S/C18H20N6O4/c1-11(2)9-10-19-15(25)16-20-14(22-28-16)13-17(26)23(3)18(27)24(21-13)12-7-5-4-6-8-12/h4-8,11H,9-10H2,1-3H3,(H,19,25). The van der Waals surface area contributed by atoms with E-state index >= 15 is 0 Å². The van der Waals surface area contributed by atoms with E-state index in [9.17, 15) is 14.4 Å². The Bertz CT molecular complexity index is 1100. The van der Waals surface area contributed by atoms with E-state index in [2.05, 4.69) is 20.6 Å². The molecule has 0 radical (unpaired) electrons. The van der Waals surface area contributed by atoms with E-state index in [1.54, 1.807) is 30.3 Å². The first-order valence-electron chi connectivity index (χ1n) is 8.76. The molecule has 0 fully saturated rings. The Kier molecular flexibility index (Phi) is 5.48. The molecule has 0 atom stereocenters. The minimum Gasteiger partial charge on any atom is -0.348 e. The molecule has 1 aromatic carbocycles. The first-order valence-corrected chi connectivity index (χ1v) is 8.76. The number of nitrogens with zero attached hydrogens (tertiary/aromatic N) is 5. The number of para-hydroxylation sites is 1. The molecule has 0 unspecified atom stereocenters. The lowest BCUT2D eigenvalue weighted by Gasteiger charge is -2.07. The maximum Gasteiger partial charge on any atom is 0.351 e. The minimum absolute atomic E-state index is 0.167. The number of nitrogens with one attached hydrogen (secondary N) is 1. The lowest BCUT2D eigenvalue weighted by Crippen LogP contribution is -2.40. The van der Waals surface area contributed by atoms with Crippen LogP contribution in [0.3, 0.4) is 0 Å². The minimum atomic E-state index is -0.690. The van der Waals surface area contributed by atoms with E-state index in [-0.39, 0.29) is 17.4 Å². The zero-order chi connectivity index (χ0) is 20.3. The van der Waals surface area contributed by atoms with Gasteiger partial charge in [-0.25, -0.2) is 4.79 Å². The predicted octanol–water partition coefficient (Wildman–Crippen LogP) is 0.757. The van der Waals surface area contributed by atoms with Crippen molar-refractivity contribution < 1.29 is 9.32 Å². The Balaban J connectivity index is 1.96. The highest BCUT2D eigenvalue weighted by atomic mass is 16.5. The van der Waals surface area contributed by atoms with E-state index in [4.69, 9.17) is 4.52 Å². The third-order valence-electron chi connectivity index (χ3n) is 4.02. The summed E-state index contributed by atoms with van der Waals surface area (Å²) in [7, 11) is 1.33. The lowest BCUT2D eigenvalue weighted by molar-refractivity contribution is 0.0908. The Morgan fingerprint density at radius 3 is 2.61 bits per heavy atom. The van der Waals surface area contributed by atoms with Crippen molar-refractivity contribution in [3.05, 3.63) is 57.1 Å². The van der Waals surface area contributed by atoms with Gasteiger partial charge in [0.1, 0.15) is 0 Å². The van der Waals surface area contributed by atoms with E-state index in [0.717, 1.165) is 15.7 Å². The molecule has 0 aliphatic rings. The van der Waals surface area contributed by atoms with Gasteiger partial charge in [0.2, 0.25) is 5.82 Å². The van der Waals surface area contributed by atoms with Gasteiger partial charge in [0.25, 0.3) is 5.56 Å². The van der Waals surface area contributed by atoms with Gasteiger partial charge in [-0.1, -0.05) is 37.2 Å². The second-order valence-electron chi connectivity index (χ2n) is 6.60. The third kappa shape index (κ3) is 3.90. The molecular weight excluding hydrogens is 364 g/mol. The van der Waals surface area contributed by atoms with Crippen LogP contribution >= 0.6 is 0 Å². The second kappa shape index (κ2) is 7.99.